The van der Waals surface area contributed by atoms with E-state index in [1.165, 1.54) is 6.92 Å². The molecule has 228 valence electrons. The van der Waals surface area contributed by atoms with Crippen molar-refractivity contribution in [3.63, 3.8) is 0 Å². The lowest BCUT2D eigenvalue weighted by Gasteiger charge is -2.50. The first-order valence-electron chi connectivity index (χ1n) is 13.9. The van der Waals surface area contributed by atoms with Crippen molar-refractivity contribution in [2.75, 3.05) is 6.54 Å². The van der Waals surface area contributed by atoms with Gasteiger partial charge in [0.25, 0.3) is 0 Å². The third-order valence-corrected chi connectivity index (χ3v) is 7.21. The minimum Gasteiger partial charge on any atom is -0.456 e. The zero-order valence-electron chi connectivity index (χ0n) is 24.6. The molecular formula is C31H40N2O9. The highest BCUT2D eigenvalue weighted by Crippen LogP contribution is 2.35. The fraction of sp³-hybridized carbons (Fsp3) is 0.484. The number of nitrogens with one attached hydrogen (secondary N) is 2. The summed E-state index contributed by atoms with van der Waals surface area (Å²) in [6, 6.07) is 16.4. The summed E-state index contributed by atoms with van der Waals surface area (Å²) in [6.07, 6.45) is -4.36. The minimum absolute atomic E-state index is 0.0646. The normalized spacial score (nSPS) is 23.8. The topological polar surface area (TPSA) is 149 Å². The number of carbonyl (C=O) groups is 4. The Morgan fingerprint density at radius 2 is 1.45 bits per heavy atom. The number of amides is 2. The maximum atomic E-state index is 13.0. The number of ether oxygens (including phenoxy) is 4. The molecule has 3 N–H and O–H groups in total. The van der Waals surface area contributed by atoms with Gasteiger partial charge in [0.1, 0.15) is 18.8 Å². The summed E-state index contributed by atoms with van der Waals surface area (Å²) in [4.78, 5) is 50.4. The van der Waals surface area contributed by atoms with Gasteiger partial charge in [-0.3, -0.25) is 14.4 Å². The molecule has 0 aliphatic carbocycles. The molecule has 3 rings (SSSR count). The van der Waals surface area contributed by atoms with Crippen molar-refractivity contribution in [3.05, 3.63) is 71.8 Å². The Morgan fingerprint density at radius 1 is 0.905 bits per heavy atom. The van der Waals surface area contributed by atoms with Gasteiger partial charge in [-0.1, -0.05) is 81.4 Å². The van der Waals surface area contributed by atoms with Gasteiger partial charge < -0.3 is 34.7 Å². The third kappa shape index (κ3) is 8.77. The van der Waals surface area contributed by atoms with Gasteiger partial charge in [0, 0.05) is 32.2 Å². The fourth-order valence-electron chi connectivity index (χ4n) is 4.60. The van der Waals surface area contributed by atoms with Crippen LogP contribution in [0.5, 0.6) is 0 Å². The van der Waals surface area contributed by atoms with Gasteiger partial charge in [0.15, 0.2) is 18.0 Å². The van der Waals surface area contributed by atoms with Crippen molar-refractivity contribution in [3.8, 4) is 0 Å². The number of alkyl carbamates (subject to hydrolysis) is 1. The summed E-state index contributed by atoms with van der Waals surface area (Å²) < 4.78 is 22.7. The Bertz CT molecular complexity index is 1220. The predicted octanol–water partition coefficient (Wildman–Crippen LogP) is 3.03. The van der Waals surface area contributed by atoms with Crippen LogP contribution in [0.4, 0.5) is 4.79 Å². The van der Waals surface area contributed by atoms with Gasteiger partial charge in [0.05, 0.1) is 0 Å². The Hall–Kier alpha value is -3.96. The number of rotatable bonds is 11. The van der Waals surface area contributed by atoms with Crippen LogP contribution in [0.25, 0.3) is 0 Å². The van der Waals surface area contributed by atoms with E-state index in [1.54, 1.807) is 68.4 Å². The standard InChI is InChI=1S/C31H40N2O9/c1-6-30(4,5)28(36)32-18-24-25(40-20(2)34)26(41-21(3)35)27(31(38,42-24)17-22-13-9-7-10-14-22)33-29(37)39-19-23-15-11-8-12-16-23/h7-16,24-27,38H,6,17-19H2,1-5H3,(H,32,36)(H,33,37)/t24-,25-,26+,27-,31+/m1/s1. The zero-order chi connectivity index (χ0) is 30.9. The van der Waals surface area contributed by atoms with Crippen LogP contribution in [-0.4, -0.2) is 65.7 Å². The monoisotopic (exact) mass is 584 g/mol. The number of benzene rings is 2. The largest absolute Gasteiger partial charge is 0.456 e. The van der Waals surface area contributed by atoms with Crippen LogP contribution < -0.4 is 10.6 Å². The van der Waals surface area contributed by atoms with Gasteiger partial charge in [-0.2, -0.15) is 0 Å². The molecule has 42 heavy (non-hydrogen) atoms. The summed E-state index contributed by atoms with van der Waals surface area (Å²) in [6.45, 7) is 7.51. The first-order valence-corrected chi connectivity index (χ1v) is 13.9. The van der Waals surface area contributed by atoms with Crippen molar-refractivity contribution in [1.29, 1.82) is 0 Å². The van der Waals surface area contributed by atoms with Crippen LogP contribution in [0, 0.1) is 5.41 Å². The molecule has 11 heteroatoms. The lowest BCUT2D eigenvalue weighted by atomic mass is 9.85. The van der Waals surface area contributed by atoms with E-state index in [9.17, 15) is 24.3 Å². The van der Waals surface area contributed by atoms with Crippen LogP contribution in [0.3, 0.4) is 0 Å². The Kier molecular flexibility index (Phi) is 11.1. The van der Waals surface area contributed by atoms with Gasteiger partial charge >= 0.3 is 18.0 Å². The predicted molar refractivity (Wildman–Crippen MR) is 152 cm³/mol. The highest BCUT2D eigenvalue weighted by Gasteiger charge is 2.58. The van der Waals surface area contributed by atoms with E-state index in [4.69, 9.17) is 18.9 Å². The maximum absolute atomic E-state index is 13.0. The molecule has 0 aromatic heterocycles. The lowest BCUT2D eigenvalue weighted by Crippen LogP contribution is -2.73. The smallest absolute Gasteiger partial charge is 0.408 e. The number of hydrogen-bond donors (Lipinski definition) is 3. The molecule has 2 aromatic carbocycles. The highest BCUT2D eigenvalue weighted by molar-refractivity contribution is 5.81. The fourth-order valence-corrected chi connectivity index (χ4v) is 4.60. The average molecular weight is 585 g/mol. The summed E-state index contributed by atoms with van der Waals surface area (Å²) in [5.74, 6) is -3.93. The van der Waals surface area contributed by atoms with Crippen molar-refractivity contribution in [2.24, 2.45) is 5.41 Å². The molecule has 1 saturated heterocycles. The second kappa shape index (κ2) is 14.3. The molecule has 0 radical (unpaired) electrons. The summed E-state index contributed by atoms with van der Waals surface area (Å²) in [5.41, 5.74) is 0.674. The van der Waals surface area contributed by atoms with E-state index >= 15 is 0 Å². The van der Waals surface area contributed by atoms with Crippen molar-refractivity contribution < 1.29 is 43.2 Å². The first kappa shape index (κ1) is 32.6. The molecular weight excluding hydrogens is 544 g/mol. The highest BCUT2D eigenvalue weighted by atomic mass is 16.7. The zero-order valence-corrected chi connectivity index (χ0v) is 24.6. The molecule has 5 atom stereocenters. The molecule has 1 fully saturated rings. The minimum atomic E-state index is -2.18. The third-order valence-electron chi connectivity index (χ3n) is 7.21. The summed E-state index contributed by atoms with van der Waals surface area (Å²) in [5, 5.41) is 17.4. The van der Waals surface area contributed by atoms with E-state index in [0.29, 0.717) is 12.0 Å². The van der Waals surface area contributed by atoms with Crippen LogP contribution in [0.15, 0.2) is 60.7 Å². The Labute approximate surface area is 245 Å². The number of aliphatic hydroxyl groups is 1. The van der Waals surface area contributed by atoms with Gasteiger partial charge in [-0.05, 0) is 17.5 Å². The van der Waals surface area contributed by atoms with E-state index in [2.05, 4.69) is 10.6 Å². The molecule has 2 aromatic rings. The molecule has 1 aliphatic rings. The Morgan fingerprint density at radius 3 is 2.00 bits per heavy atom. The van der Waals surface area contributed by atoms with Crippen molar-refractivity contribution in [2.45, 2.75) is 84.2 Å². The summed E-state index contributed by atoms with van der Waals surface area (Å²) >= 11 is 0. The van der Waals surface area contributed by atoms with E-state index in [0.717, 1.165) is 12.5 Å². The molecule has 0 unspecified atom stereocenters. The van der Waals surface area contributed by atoms with Gasteiger partial charge in [0.2, 0.25) is 5.91 Å². The van der Waals surface area contributed by atoms with Crippen LogP contribution in [-0.2, 0) is 46.4 Å². The molecule has 0 saturated carbocycles. The molecule has 1 aliphatic heterocycles. The number of carbonyl (C=O) groups excluding carboxylic acids is 4. The van der Waals surface area contributed by atoms with Gasteiger partial charge in [-0.15, -0.1) is 0 Å². The average Bonchev–Trinajstić information content (AvgIpc) is 2.94. The molecule has 1 heterocycles. The van der Waals surface area contributed by atoms with Gasteiger partial charge in [-0.25, -0.2) is 4.79 Å². The number of esters is 2. The summed E-state index contributed by atoms with van der Waals surface area (Å²) in [7, 11) is 0. The first-order chi connectivity index (χ1) is 19.8. The van der Waals surface area contributed by atoms with Crippen molar-refractivity contribution in [1.82, 2.24) is 10.6 Å². The quantitative estimate of drug-likeness (QED) is 0.268. The molecule has 0 bridgehead atoms. The van der Waals surface area contributed by atoms with E-state index in [1.807, 2.05) is 13.0 Å². The van der Waals surface area contributed by atoms with Crippen molar-refractivity contribution >= 4 is 23.9 Å². The second-order valence-electron chi connectivity index (χ2n) is 10.9. The van der Waals surface area contributed by atoms with E-state index < -0.39 is 53.6 Å². The second-order valence-corrected chi connectivity index (χ2v) is 10.9. The van der Waals surface area contributed by atoms with Crippen LogP contribution >= 0.6 is 0 Å². The van der Waals surface area contributed by atoms with E-state index in [-0.39, 0.29) is 25.5 Å². The number of hydrogen-bond acceptors (Lipinski definition) is 9. The molecule has 0 spiro atoms. The molecule has 11 nitrogen and oxygen atoms in total. The lowest BCUT2D eigenvalue weighted by molar-refractivity contribution is -0.314. The molecule has 2 amide bonds. The SMILES string of the molecule is CCC(C)(C)C(=O)NC[C@H]1O[C@@](O)(Cc2ccccc2)[C@H](NC(=O)OCc2ccccc2)[C@@H](OC(C)=O)[C@@H]1OC(C)=O. The van der Waals surface area contributed by atoms with Crippen LogP contribution in [0.2, 0.25) is 0 Å². The van der Waals surface area contributed by atoms with Crippen LogP contribution in [0.1, 0.15) is 52.2 Å². The maximum Gasteiger partial charge on any atom is 0.408 e. The Balaban J connectivity index is 1.98.